The molecule has 100 valence electrons. The minimum absolute atomic E-state index is 0.0213. The van der Waals surface area contributed by atoms with E-state index in [-0.39, 0.29) is 18.6 Å². The summed E-state index contributed by atoms with van der Waals surface area (Å²) in [6.45, 7) is 6.18. The third-order valence-corrected chi connectivity index (χ3v) is 2.88. The van der Waals surface area contributed by atoms with Gasteiger partial charge in [0.25, 0.3) is 5.91 Å². The molecule has 5 nitrogen and oxygen atoms in total. The Morgan fingerprint density at radius 3 is 2.82 bits per heavy atom. The molecule has 0 saturated carbocycles. The number of carbonyl (C=O) groups is 1. The van der Waals surface area contributed by atoms with Crippen LogP contribution in [0.4, 0.5) is 0 Å². The van der Waals surface area contributed by atoms with Gasteiger partial charge < -0.3 is 20.1 Å². The van der Waals surface area contributed by atoms with E-state index in [2.05, 4.69) is 24.1 Å². The maximum Gasteiger partial charge on any atom is 0.250 e. The zero-order valence-corrected chi connectivity index (χ0v) is 11.0. The molecule has 0 aromatic heterocycles. The van der Waals surface area contributed by atoms with Crippen LogP contribution in [0.25, 0.3) is 0 Å². The van der Waals surface area contributed by atoms with E-state index in [1.807, 2.05) is 7.05 Å². The van der Waals surface area contributed by atoms with Crippen molar-refractivity contribution < 1.29 is 14.6 Å². The number of nitrogens with one attached hydrogen (secondary N) is 1. The van der Waals surface area contributed by atoms with Gasteiger partial charge in [-0.2, -0.15) is 0 Å². The van der Waals surface area contributed by atoms with Gasteiger partial charge in [-0.3, -0.25) is 4.79 Å². The smallest absolute Gasteiger partial charge is 0.250 e. The fourth-order valence-corrected chi connectivity index (χ4v) is 1.98. The molecule has 1 aliphatic rings. The third-order valence-electron chi connectivity index (χ3n) is 2.88. The van der Waals surface area contributed by atoms with Crippen molar-refractivity contribution in [3.63, 3.8) is 0 Å². The molecule has 2 atom stereocenters. The molecule has 17 heavy (non-hydrogen) atoms. The summed E-state index contributed by atoms with van der Waals surface area (Å²) in [4.78, 5) is 14.0. The van der Waals surface area contributed by atoms with Crippen LogP contribution in [0.3, 0.4) is 0 Å². The molecule has 0 spiro atoms. The number of nitrogens with zero attached hydrogens (tertiary/aromatic N) is 1. The summed E-state index contributed by atoms with van der Waals surface area (Å²) in [5, 5.41) is 12.1. The number of aliphatic hydroxyl groups excluding tert-OH is 1. The Balaban J connectivity index is 2.40. The van der Waals surface area contributed by atoms with Crippen LogP contribution in [0.5, 0.6) is 0 Å². The third kappa shape index (κ3) is 5.02. The number of rotatable bonds is 5. The number of likely N-dealkylation sites (N-methyl/N-ethyl adjacent to an activating group) is 1. The molecule has 1 aliphatic heterocycles. The maximum absolute atomic E-state index is 11.9. The minimum atomic E-state index is -0.407. The highest BCUT2D eigenvalue weighted by Gasteiger charge is 2.26. The van der Waals surface area contributed by atoms with Gasteiger partial charge in [-0.1, -0.05) is 13.8 Å². The van der Waals surface area contributed by atoms with Gasteiger partial charge in [-0.05, 0) is 19.4 Å². The summed E-state index contributed by atoms with van der Waals surface area (Å²) in [5.41, 5.74) is 0. The summed E-state index contributed by atoms with van der Waals surface area (Å²) < 4.78 is 5.43. The number of morpholine rings is 1. The van der Waals surface area contributed by atoms with E-state index in [9.17, 15) is 9.90 Å². The first-order valence-electron chi connectivity index (χ1n) is 6.24. The molecule has 1 rings (SSSR count). The number of hydrogen-bond acceptors (Lipinski definition) is 4. The lowest BCUT2D eigenvalue weighted by Crippen LogP contribution is -2.51. The van der Waals surface area contributed by atoms with Crippen LogP contribution in [-0.2, 0) is 9.53 Å². The van der Waals surface area contributed by atoms with Crippen LogP contribution in [-0.4, -0.2) is 61.4 Å². The highest BCUT2D eigenvalue weighted by molar-refractivity contribution is 5.81. The zero-order valence-electron chi connectivity index (χ0n) is 11.0. The standard InChI is InChI=1S/C12H24N2O3/c1-9(2)6-10(8-15)13-12(16)11-7-14(3)4-5-17-11/h9-11,15H,4-8H2,1-3H3,(H,13,16)/t10-,11-/m1/s1. The molecule has 0 radical (unpaired) electrons. The lowest BCUT2D eigenvalue weighted by atomic mass is 10.0. The Morgan fingerprint density at radius 2 is 2.29 bits per heavy atom. The Kier molecular flexibility index (Phi) is 5.88. The van der Waals surface area contributed by atoms with Crippen molar-refractivity contribution in [1.29, 1.82) is 0 Å². The predicted octanol–water partition coefficient (Wildman–Crippen LogP) is -0.160. The Bertz CT molecular complexity index is 246. The largest absolute Gasteiger partial charge is 0.394 e. The molecule has 0 aromatic carbocycles. The summed E-state index contributed by atoms with van der Waals surface area (Å²) in [6, 6.07) is -0.168. The van der Waals surface area contributed by atoms with Crippen LogP contribution < -0.4 is 5.32 Å². The monoisotopic (exact) mass is 244 g/mol. The van der Waals surface area contributed by atoms with E-state index in [0.29, 0.717) is 19.1 Å². The lowest BCUT2D eigenvalue weighted by Gasteiger charge is -2.30. The highest BCUT2D eigenvalue weighted by Crippen LogP contribution is 2.07. The van der Waals surface area contributed by atoms with Crippen LogP contribution >= 0.6 is 0 Å². The minimum Gasteiger partial charge on any atom is -0.394 e. The van der Waals surface area contributed by atoms with Crippen LogP contribution in [0.2, 0.25) is 0 Å². The van der Waals surface area contributed by atoms with Gasteiger partial charge in [-0.25, -0.2) is 0 Å². The molecule has 0 unspecified atom stereocenters. The average Bonchev–Trinajstić information content (AvgIpc) is 2.27. The number of ether oxygens (including phenoxy) is 1. The van der Waals surface area contributed by atoms with Crippen LogP contribution in [0.1, 0.15) is 20.3 Å². The number of carbonyl (C=O) groups excluding carboxylic acids is 1. The van der Waals surface area contributed by atoms with Crippen molar-refractivity contribution in [1.82, 2.24) is 10.2 Å². The molecule has 1 saturated heterocycles. The van der Waals surface area contributed by atoms with E-state index in [1.165, 1.54) is 0 Å². The first kappa shape index (κ1) is 14.4. The second kappa shape index (κ2) is 6.93. The molecule has 2 N–H and O–H groups in total. The molecule has 0 aliphatic carbocycles. The van der Waals surface area contributed by atoms with Gasteiger partial charge in [0.2, 0.25) is 0 Å². The van der Waals surface area contributed by atoms with Gasteiger partial charge in [0, 0.05) is 13.1 Å². The van der Waals surface area contributed by atoms with Crippen molar-refractivity contribution in [3.05, 3.63) is 0 Å². The topological polar surface area (TPSA) is 61.8 Å². The summed E-state index contributed by atoms with van der Waals surface area (Å²) >= 11 is 0. The fraction of sp³-hybridized carbons (Fsp3) is 0.917. The van der Waals surface area contributed by atoms with Gasteiger partial charge in [0.15, 0.2) is 0 Å². The van der Waals surface area contributed by atoms with Crippen LogP contribution in [0, 0.1) is 5.92 Å². The number of amides is 1. The summed E-state index contributed by atoms with van der Waals surface area (Å²) in [5.74, 6) is 0.332. The lowest BCUT2D eigenvalue weighted by molar-refractivity contribution is -0.139. The quantitative estimate of drug-likeness (QED) is 0.705. The van der Waals surface area contributed by atoms with Crippen LogP contribution in [0.15, 0.2) is 0 Å². The van der Waals surface area contributed by atoms with E-state index in [0.717, 1.165) is 13.0 Å². The molecule has 0 aromatic rings. The maximum atomic E-state index is 11.9. The van der Waals surface area contributed by atoms with E-state index < -0.39 is 6.10 Å². The molecule has 0 bridgehead atoms. The van der Waals surface area contributed by atoms with Gasteiger partial charge in [-0.15, -0.1) is 0 Å². The van der Waals surface area contributed by atoms with Crippen molar-refractivity contribution in [2.75, 3.05) is 33.4 Å². The SMILES string of the molecule is CC(C)C[C@H](CO)NC(=O)[C@H]1CN(C)CCO1. The van der Waals surface area contributed by atoms with Crippen molar-refractivity contribution in [3.8, 4) is 0 Å². The zero-order chi connectivity index (χ0) is 12.8. The molecule has 1 amide bonds. The Hall–Kier alpha value is -0.650. The molecular weight excluding hydrogens is 220 g/mol. The summed E-state index contributed by atoms with van der Waals surface area (Å²) in [6.07, 6.45) is 0.375. The molecule has 1 heterocycles. The Labute approximate surface area is 103 Å². The van der Waals surface area contributed by atoms with Crippen molar-refractivity contribution >= 4 is 5.91 Å². The van der Waals surface area contributed by atoms with E-state index in [1.54, 1.807) is 0 Å². The highest BCUT2D eigenvalue weighted by atomic mass is 16.5. The second-order valence-electron chi connectivity index (χ2n) is 5.14. The molecule has 5 heteroatoms. The van der Waals surface area contributed by atoms with Gasteiger partial charge in [0.05, 0.1) is 19.3 Å². The normalized spacial score (nSPS) is 23.7. The number of hydrogen-bond donors (Lipinski definition) is 2. The first-order chi connectivity index (χ1) is 8.02. The first-order valence-corrected chi connectivity index (χ1v) is 6.24. The number of aliphatic hydroxyl groups is 1. The molecule has 1 fully saturated rings. The van der Waals surface area contributed by atoms with Gasteiger partial charge >= 0.3 is 0 Å². The van der Waals surface area contributed by atoms with Crippen molar-refractivity contribution in [2.45, 2.75) is 32.4 Å². The van der Waals surface area contributed by atoms with Crippen molar-refractivity contribution in [2.24, 2.45) is 5.92 Å². The second-order valence-corrected chi connectivity index (χ2v) is 5.14. The molecular formula is C12H24N2O3. The van der Waals surface area contributed by atoms with E-state index in [4.69, 9.17) is 4.74 Å². The predicted molar refractivity (Wildman–Crippen MR) is 65.7 cm³/mol. The fourth-order valence-electron chi connectivity index (χ4n) is 1.98. The Morgan fingerprint density at radius 1 is 1.59 bits per heavy atom. The van der Waals surface area contributed by atoms with Gasteiger partial charge in [0.1, 0.15) is 6.10 Å². The summed E-state index contributed by atoms with van der Waals surface area (Å²) in [7, 11) is 1.97. The average molecular weight is 244 g/mol. The van der Waals surface area contributed by atoms with E-state index >= 15 is 0 Å².